The summed E-state index contributed by atoms with van der Waals surface area (Å²) in [7, 11) is 0. The Morgan fingerprint density at radius 1 is 1.03 bits per heavy atom. The van der Waals surface area contributed by atoms with Gasteiger partial charge in [0.15, 0.2) is 0 Å². The zero-order valence-electron chi connectivity index (χ0n) is 20.0. The number of carbonyl (C=O) groups excluding carboxylic acids is 2. The predicted molar refractivity (Wildman–Crippen MR) is 138 cm³/mol. The number of piperazine rings is 1. The minimum absolute atomic E-state index is 0.0287. The number of hydrogen-bond donors (Lipinski definition) is 1. The van der Waals surface area contributed by atoms with Crippen molar-refractivity contribution in [3.63, 3.8) is 0 Å². The Morgan fingerprint density at radius 2 is 1.79 bits per heavy atom. The Hall–Kier alpha value is -2.57. The van der Waals surface area contributed by atoms with Crippen LogP contribution in [0.15, 0.2) is 48.5 Å². The third-order valence-corrected chi connectivity index (χ3v) is 7.11. The molecule has 2 aliphatic rings. The molecular formula is C27H35ClN4O2. The number of nitrogens with one attached hydrogen (secondary N) is 1. The van der Waals surface area contributed by atoms with Gasteiger partial charge in [0.05, 0.1) is 5.92 Å². The lowest BCUT2D eigenvalue weighted by atomic mass is 9.96. The Kier molecular flexibility index (Phi) is 8.46. The Bertz CT molecular complexity index is 973. The van der Waals surface area contributed by atoms with Crippen molar-refractivity contribution in [2.45, 2.75) is 26.2 Å². The highest BCUT2D eigenvalue weighted by Crippen LogP contribution is 2.20. The van der Waals surface area contributed by atoms with E-state index in [1.165, 1.54) is 11.3 Å². The molecule has 0 bridgehead atoms. The van der Waals surface area contributed by atoms with Crippen LogP contribution in [0.25, 0.3) is 0 Å². The summed E-state index contributed by atoms with van der Waals surface area (Å²) in [4.78, 5) is 32.3. The van der Waals surface area contributed by atoms with Gasteiger partial charge in [-0.1, -0.05) is 23.7 Å². The van der Waals surface area contributed by atoms with Gasteiger partial charge in [-0.3, -0.25) is 14.5 Å². The Labute approximate surface area is 207 Å². The van der Waals surface area contributed by atoms with Gasteiger partial charge in [0.1, 0.15) is 0 Å². The van der Waals surface area contributed by atoms with E-state index in [1.807, 2.05) is 0 Å². The van der Waals surface area contributed by atoms with Crippen LogP contribution in [-0.4, -0.2) is 74.0 Å². The lowest BCUT2D eigenvalue weighted by Gasteiger charge is -2.36. The zero-order valence-corrected chi connectivity index (χ0v) is 20.8. The lowest BCUT2D eigenvalue weighted by molar-refractivity contribution is -0.126. The molecule has 2 aromatic rings. The molecule has 0 aromatic heterocycles. The number of halogens is 1. The second-order valence-electron chi connectivity index (χ2n) is 9.41. The number of carbonyl (C=O) groups is 2. The fourth-order valence-electron chi connectivity index (χ4n) is 4.86. The highest BCUT2D eigenvalue weighted by Gasteiger charge is 2.28. The summed E-state index contributed by atoms with van der Waals surface area (Å²) in [5, 5.41) is 3.72. The average Bonchev–Trinajstić information content (AvgIpc) is 2.87. The maximum absolute atomic E-state index is 12.8. The van der Waals surface area contributed by atoms with E-state index in [0.29, 0.717) is 30.2 Å². The van der Waals surface area contributed by atoms with Crippen LogP contribution in [0.4, 0.5) is 5.69 Å². The molecular weight excluding hydrogens is 448 g/mol. The van der Waals surface area contributed by atoms with Crippen LogP contribution in [0.2, 0.25) is 5.02 Å². The zero-order chi connectivity index (χ0) is 23.9. The molecule has 1 unspecified atom stereocenters. The van der Waals surface area contributed by atoms with Crippen LogP contribution in [-0.2, 0) is 4.79 Å². The summed E-state index contributed by atoms with van der Waals surface area (Å²) < 4.78 is 0. The Balaban J connectivity index is 1.15. The molecule has 0 radical (unpaired) electrons. The summed E-state index contributed by atoms with van der Waals surface area (Å²) in [5.41, 5.74) is 3.22. The van der Waals surface area contributed by atoms with Crippen LogP contribution in [0.3, 0.4) is 0 Å². The molecule has 2 saturated heterocycles. The molecule has 2 fully saturated rings. The molecule has 34 heavy (non-hydrogen) atoms. The topological polar surface area (TPSA) is 55.9 Å². The van der Waals surface area contributed by atoms with Crippen molar-refractivity contribution < 1.29 is 9.59 Å². The van der Waals surface area contributed by atoms with Gasteiger partial charge in [0.2, 0.25) is 5.91 Å². The average molecular weight is 483 g/mol. The van der Waals surface area contributed by atoms with Gasteiger partial charge in [-0.15, -0.1) is 0 Å². The molecule has 2 amide bonds. The summed E-state index contributed by atoms with van der Waals surface area (Å²) in [6, 6.07) is 15.6. The molecule has 0 aliphatic carbocycles. The van der Waals surface area contributed by atoms with E-state index in [-0.39, 0.29) is 17.7 Å². The van der Waals surface area contributed by atoms with Gasteiger partial charge in [-0.2, -0.15) is 0 Å². The first-order valence-corrected chi connectivity index (χ1v) is 12.7. The maximum Gasteiger partial charge on any atom is 0.253 e. The molecule has 4 rings (SSSR count). The molecule has 1 atom stereocenters. The van der Waals surface area contributed by atoms with Crippen molar-refractivity contribution in [1.29, 1.82) is 0 Å². The fourth-order valence-corrected chi connectivity index (χ4v) is 4.99. The monoisotopic (exact) mass is 482 g/mol. The standard InChI is InChI=1S/C27H35ClN4O2/c1-21-5-2-7-25(19-21)31-17-15-30(16-18-31)13-4-12-29-26(33)23-6-3-14-32(20-23)27(34)22-8-10-24(28)11-9-22/h2,5,7-11,19,23H,3-4,6,12-18,20H2,1H3,(H,29,33). The number of amides is 2. The first-order chi connectivity index (χ1) is 16.5. The van der Waals surface area contributed by atoms with E-state index < -0.39 is 0 Å². The van der Waals surface area contributed by atoms with E-state index in [0.717, 1.165) is 52.0 Å². The van der Waals surface area contributed by atoms with Gasteiger partial charge in [-0.05, 0) is 74.7 Å². The minimum Gasteiger partial charge on any atom is -0.369 e. The molecule has 1 N–H and O–H groups in total. The number of aryl methyl sites for hydroxylation is 1. The molecule has 6 nitrogen and oxygen atoms in total. The molecule has 2 aromatic carbocycles. The molecule has 0 saturated carbocycles. The third kappa shape index (κ3) is 6.51. The van der Waals surface area contributed by atoms with Gasteiger partial charge in [-0.25, -0.2) is 0 Å². The molecule has 182 valence electrons. The van der Waals surface area contributed by atoms with E-state index in [9.17, 15) is 9.59 Å². The minimum atomic E-state index is -0.136. The quantitative estimate of drug-likeness (QED) is 0.609. The number of nitrogens with zero attached hydrogens (tertiary/aromatic N) is 3. The number of hydrogen-bond acceptors (Lipinski definition) is 4. The van der Waals surface area contributed by atoms with Crippen molar-refractivity contribution >= 4 is 29.1 Å². The van der Waals surface area contributed by atoms with E-state index in [4.69, 9.17) is 11.6 Å². The van der Waals surface area contributed by atoms with Crippen molar-refractivity contribution in [3.05, 3.63) is 64.7 Å². The largest absolute Gasteiger partial charge is 0.369 e. The molecule has 2 aliphatic heterocycles. The second-order valence-corrected chi connectivity index (χ2v) is 9.85. The van der Waals surface area contributed by atoms with E-state index in [1.54, 1.807) is 29.2 Å². The summed E-state index contributed by atoms with van der Waals surface area (Å²) >= 11 is 5.93. The Morgan fingerprint density at radius 3 is 2.53 bits per heavy atom. The van der Waals surface area contributed by atoms with Crippen LogP contribution in [0, 0.1) is 12.8 Å². The molecule has 7 heteroatoms. The van der Waals surface area contributed by atoms with E-state index in [2.05, 4.69) is 46.3 Å². The molecule has 0 spiro atoms. The fraction of sp³-hybridized carbons (Fsp3) is 0.481. The first-order valence-electron chi connectivity index (χ1n) is 12.4. The predicted octanol–water partition coefficient (Wildman–Crippen LogP) is 3.83. The number of rotatable bonds is 7. The SMILES string of the molecule is Cc1cccc(N2CCN(CCCNC(=O)C3CCCN(C(=O)c4ccc(Cl)cc4)C3)CC2)c1. The van der Waals surface area contributed by atoms with Gasteiger partial charge < -0.3 is 15.1 Å². The van der Waals surface area contributed by atoms with Gasteiger partial charge >= 0.3 is 0 Å². The summed E-state index contributed by atoms with van der Waals surface area (Å²) in [5.74, 6) is -0.0975. The maximum atomic E-state index is 12.8. The van der Waals surface area contributed by atoms with Crippen molar-refractivity contribution in [1.82, 2.24) is 15.1 Å². The van der Waals surface area contributed by atoms with Crippen molar-refractivity contribution in [2.75, 3.05) is 57.3 Å². The number of likely N-dealkylation sites (tertiary alicyclic amines) is 1. The smallest absolute Gasteiger partial charge is 0.253 e. The molecule has 2 heterocycles. The highest BCUT2D eigenvalue weighted by molar-refractivity contribution is 6.30. The van der Waals surface area contributed by atoms with Crippen molar-refractivity contribution in [2.24, 2.45) is 5.92 Å². The highest BCUT2D eigenvalue weighted by atomic mass is 35.5. The van der Waals surface area contributed by atoms with Crippen molar-refractivity contribution in [3.8, 4) is 0 Å². The van der Waals surface area contributed by atoms with E-state index >= 15 is 0 Å². The van der Waals surface area contributed by atoms with Crippen LogP contribution in [0.1, 0.15) is 35.2 Å². The second kappa shape index (κ2) is 11.7. The van der Waals surface area contributed by atoms with Gasteiger partial charge in [0, 0.05) is 62.1 Å². The lowest BCUT2D eigenvalue weighted by Crippen LogP contribution is -2.47. The number of piperidine rings is 1. The first kappa shape index (κ1) is 24.6. The third-order valence-electron chi connectivity index (χ3n) is 6.86. The van der Waals surface area contributed by atoms with Crippen LogP contribution >= 0.6 is 11.6 Å². The summed E-state index contributed by atoms with van der Waals surface area (Å²) in [6.07, 6.45) is 2.62. The van der Waals surface area contributed by atoms with Crippen LogP contribution in [0.5, 0.6) is 0 Å². The van der Waals surface area contributed by atoms with Gasteiger partial charge in [0.25, 0.3) is 5.91 Å². The van der Waals surface area contributed by atoms with Crippen LogP contribution < -0.4 is 10.2 Å². The summed E-state index contributed by atoms with van der Waals surface area (Å²) in [6.45, 7) is 9.15. The number of benzene rings is 2. The normalized spacial score (nSPS) is 19.2. The number of anilines is 1.